The van der Waals surface area contributed by atoms with E-state index in [1.54, 1.807) is 6.92 Å². The molecule has 7 heteroatoms. The first kappa shape index (κ1) is 11.9. The van der Waals surface area contributed by atoms with Crippen molar-refractivity contribution in [2.24, 2.45) is 0 Å². The summed E-state index contributed by atoms with van der Waals surface area (Å²) in [5.74, 6) is -1.13. The molecule has 1 atom stereocenters. The fourth-order valence-corrected chi connectivity index (χ4v) is 1.39. The Bertz CT molecular complexity index is 368. The van der Waals surface area contributed by atoms with Gasteiger partial charge in [-0.25, -0.2) is 13.6 Å². The second-order valence-electron chi connectivity index (χ2n) is 2.91. The zero-order valence-corrected chi connectivity index (χ0v) is 8.58. The van der Waals surface area contributed by atoms with Gasteiger partial charge in [0.05, 0.1) is 5.02 Å². The van der Waals surface area contributed by atoms with Gasteiger partial charge in [0.2, 0.25) is 0 Å². The Morgan fingerprint density at radius 2 is 2.33 bits per heavy atom. The van der Waals surface area contributed by atoms with Gasteiger partial charge < -0.3 is 5.11 Å². The van der Waals surface area contributed by atoms with Crippen LogP contribution in [0.3, 0.4) is 0 Å². The van der Waals surface area contributed by atoms with Crippen molar-refractivity contribution in [1.29, 1.82) is 0 Å². The standard InChI is InChI=1S/C8H9ClF2N2O2/c1-2-5(8(14)15)13-3-4(9)6(12-13)7(10)11/h3,5,7H,2H2,1H3,(H,14,15)/t5-/m0/s1. The molecule has 0 radical (unpaired) electrons. The lowest BCUT2D eigenvalue weighted by atomic mass is 10.2. The van der Waals surface area contributed by atoms with E-state index in [2.05, 4.69) is 5.10 Å². The van der Waals surface area contributed by atoms with Crippen LogP contribution in [0.1, 0.15) is 31.5 Å². The van der Waals surface area contributed by atoms with Crippen LogP contribution in [0.15, 0.2) is 6.20 Å². The lowest BCUT2D eigenvalue weighted by Gasteiger charge is -2.09. The number of hydrogen-bond acceptors (Lipinski definition) is 2. The number of rotatable bonds is 4. The highest BCUT2D eigenvalue weighted by molar-refractivity contribution is 6.31. The van der Waals surface area contributed by atoms with Gasteiger partial charge in [0, 0.05) is 6.20 Å². The fraction of sp³-hybridized carbons (Fsp3) is 0.500. The highest BCUT2D eigenvalue weighted by Gasteiger charge is 2.23. The van der Waals surface area contributed by atoms with Crippen molar-refractivity contribution >= 4 is 17.6 Å². The lowest BCUT2D eigenvalue weighted by molar-refractivity contribution is -0.141. The Morgan fingerprint density at radius 1 is 1.73 bits per heavy atom. The number of alkyl halides is 2. The van der Waals surface area contributed by atoms with Gasteiger partial charge >= 0.3 is 5.97 Å². The zero-order chi connectivity index (χ0) is 11.6. The van der Waals surface area contributed by atoms with Crippen molar-refractivity contribution in [3.63, 3.8) is 0 Å². The third kappa shape index (κ3) is 2.44. The molecule has 0 aliphatic heterocycles. The monoisotopic (exact) mass is 238 g/mol. The number of halogens is 3. The van der Waals surface area contributed by atoms with Crippen LogP contribution in [-0.2, 0) is 4.79 Å². The first-order valence-corrected chi connectivity index (χ1v) is 4.60. The van der Waals surface area contributed by atoms with E-state index in [1.165, 1.54) is 0 Å². The number of aliphatic carboxylic acids is 1. The van der Waals surface area contributed by atoms with Gasteiger partial charge in [-0.05, 0) is 6.42 Å². The number of hydrogen-bond donors (Lipinski definition) is 1. The average molecular weight is 239 g/mol. The second-order valence-corrected chi connectivity index (χ2v) is 3.31. The minimum Gasteiger partial charge on any atom is -0.480 e. The summed E-state index contributed by atoms with van der Waals surface area (Å²) in [6.07, 6.45) is -1.45. The van der Waals surface area contributed by atoms with E-state index < -0.39 is 24.1 Å². The molecule has 0 saturated carbocycles. The van der Waals surface area contributed by atoms with Crippen LogP contribution >= 0.6 is 11.6 Å². The van der Waals surface area contributed by atoms with Crippen LogP contribution in [0, 0.1) is 0 Å². The number of carboxylic acid groups (broad SMARTS) is 1. The summed E-state index contributed by atoms with van der Waals surface area (Å²) < 4.78 is 25.6. The molecule has 0 bridgehead atoms. The molecule has 1 rings (SSSR count). The Morgan fingerprint density at radius 3 is 2.67 bits per heavy atom. The van der Waals surface area contributed by atoms with Gasteiger partial charge in [0.1, 0.15) is 11.7 Å². The van der Waals surface area contributed by atoms with E-state index in [1.807, 2.05) is 0 Å². The molecule has 1 heterocycles. The smallest absolute Gasteiger partial charge is 0.328 e. The average Bonchev–Trinajstić information content (AvgIpc) is 2.48. The first-order chi connectivity index (χ1) is 6.97. The van der Waals surface area contributed by atoms with E-state index in [-0.39, 0.29) is 11.4 Å². The maximum absolute atomic E-state index is 12.3. The Labute approximate surface area is 89.5 Å². The SMILES string of the molecule is CC[C@@H](C(=O)O)n1cc(Cl)c(C(F)F)n1. The summed E-state index contributed by atoms with van der Waals surface area (Å²) in [5.41, 5.74) is -0.587. The van der Waals surface area contributed by atoms with Crippen molar-refractivity contribution in [3.8, 4) is 0 Å². The largest absolute Gasteiger partial charge is 0.480 e. The normalized spacial score (nSPS) is 13.1. The van der Waals surface area contributed by atoms with Gasteiger partial charge in [-0.1, -0.05) is 18.5 Å². The molecule has 1 aromatic rings. The summed E-state index contributed by atoms with van der Waals surface area (Å²) in [7, 11) is 0. The van der Waals surface area contributed by atoms with E-state index in [0.717, 1.165) is 10.9 Å². The van der Waals surface area contributed by atoms with Gasteiger partial charge in [-0.3, -0.25) is 4.68 Å². The van der Waals surface area contributed by atoms with Crippen molar-refractivity contribution in [3.05, 3.63) is 16.9 Å². The molecule has 15 heavy (non-hydrogen) atoms. The summed E-state index contributed by atoms with van der Waals surface area (Å²) in [4.78, 5) is 10.7. The molecular formula is C8H9ClF2N2O2. The fourth-order valence-electron chi connectivity index (χ4n) is 1.17. The quantitative estimate of drug-likeness (QED) is 0.877. The Hall–Kier alpha value is -1.17. The third-order valence-electron chi connectivity index (χ3n) is 1.91. The maximum Gasteiger partial charge on any atom is 0.328 e. The predicted octanol–water partition coefficient (Wildman–Crippen LogP) is 2.51. The highest BCUT2D eigenvalue weighted by Crippen LogP contribution is 2.26. The summed E-state index contributed by atoms with van der Waals surface area (Å²) in [5, 5.41) is 12.0. The summed E-state index contributed by atoms with van der Waals surface area (Å²) in [6.45, 7) is 1.62. The molecule has 0 amide bonds. The maximum atomic E-state index is 12.3. The van der Waals surface area contributed by atoms with Crippen LogP contribution < -0.4 is 0 Å². The van der Waals surface area contributed by atoms with Crippen molar-refractivity contribution in [2.45, 2.75) is 25.8 Å². The molecule has 0 fully saturated rings. The van der Waals surface area contributed by atoms with E-state index >= 15 is 0 Å². The topological polar surface area (TPSA) is 55.1 Å². The van der Waals surface area contributed by atoms with Gasteiger partial charge in [-0.15, -0.1) is 0 Å². The zero-order valence-electron chi connectivity index (χ0n) is 7.82. The number of aromatic nitrogens is 2. The van der Waals surface area contributed by atoms with Crippen molar-refractivity contribution in [2.75, 3.05) is 0 Å². The molecule has 84 valence electrons. The van der Waals surface area contributed by atoms with E-state index in [4.69, 9.17) is 16.7 Å². The second kappa shape index (κ2) is 4.57. The van der Waals surface area contributed by atoms with Crippen LogP contribution in [0.25, 0.3) is 0 Å². The molecule has 4 nitrogen and oxygen atoms in total. The van der Waals surface area contributed by atoms with E-state index in [9.17, 15) is 13.6 Å². The van der Waals surface area contributed by atoms with Crippen molar-refractivity contribution in [1.82, 2.24) is 9.78 Å². The number of nitrogens with zero attached hydrogens (tertiary/aromatic N) is 2. The molecule has 1 N–H and O–H groups in total. The first-order valence-electron chi connectivity index (χ1n) is 4.22. The van der Waals surface area contributed by atoms with Crippen molar-refractivity contribution < 1.29 is 18.7 Å². The van der Waals surface area contributed by atoms with Gasteiger partial charge in [0.15, 0.2) is 0 Å². The van der Waals surface area contributed by atoms with E-state index in [0.29, 0.717) is 0 Å². The van der Waals surface area contributed by atoms with Crippen LogP contribution in [-0.4, -0.2) is 20.9 Å². The number of carbonyl (C=O) groups is 1. The predicted molar refractivity (Wildman–Crippen MR) is 49.2 cm³/mol. The molecular weight excluding hydrogens is 230 g/mol. The van der Waals surface area contributed by atoms with Crippen LogP contribution in [0.5, 0.6) is 0 Å². The van der Waals surface area contributed by atoms with Crippen LogP contribution in [0.4, 0.5) is 8.78 Å². The number of carboxylic acids is 1. The Kier molecular flexibility index (Phi) is 3.62. The van der Waals surface area contributed by atoms with Gasteiger partial charge in [-0.2, -0.15) is 5.10 Å². The molecule has 0 aliphatic rings. The van der Waals surface area contributed by atoms with Crippen LogP contribution in [0.2, 0.25) is 5.02 Å². The minimum absolute atomic E-state index is 0.218. The van der Waals surface area contributed by atoms with Gasteiger partial charge in [0.25, 0.3) is 6.43 Å². The molecule has 0 aliphatic carbocycles. The highest BCUT2D eigenvalue weighted by atomic mass is 35.5. The minimum atomic E-state index is -2.80. The lowest BCUT2D eigenvalue weighted by Crippen LogP contribution is -2.18. The molecule has 0 spiro atoms. The Balaban J connectivity index is 3.05. The molecule has 0 unspecified atom stereocenters. The molecule has 1 aromatic heterocycles. The summed E-state index contributed by atoms with van der Waals surface area (Å²) >= 11 is 5.49. The third-order valence-corrected chi connectivity index (χ3v) is 2.20. The molecule has 0 aromatic carbocycles. The summed E-state index contributed by atoms with van der Waals surface area (Å²) in [6, 6.07) is -0.963. The molecule has 0 saturated heterocycles.